The predicted octanol–water partition coefficient (Wildman–Crippen LogP) is 6.22. The molecule has 0 unspecified atom stereocenters. The van der Waals surface area contributed by atoms with Crippen molar-refractivity contribution in [2.45, 2.75) is 11.2 Å². The van der Waals surface area contributed by atoms with E-state index in [0.29, 0.717) is 0 Å². The molecule has 34 heavy (non-hydrogen) atoms. The van der Waals surface area contributed by atoms with Crippen molar-refractivity contribution in [3.8, 4) is 22.3 Å². The van der Waals surface area contributed by atoms with Gasteiger partial charge in [0, 0.05) is 22.3 Å². The van der Waals surface area contributed by atoms with Gasteiger partial charge in [-0.1, -0.05) is 121 Å². The molecular weight excluding hydrogens is 416 g/mol. The molecule has 5 aromatic carbocycles. The Morgan fingerprint density at radius 1 is 0.324 bits per heavy atom. The van der Waals surface area contributed by atoms with Crippen LogP contribution in [0.25, 0.3) is 22.3 Å². The molecule has 0 saturated carbocycles. The molecule has 2 heteroatoms. The number of fused-ring (bicyclic) bond motifs is 6. The van der Waals surface area contributed by atoms with Crippen molar-refractivity contribution >= 4 is 0 Å². The maximum Gasteiger partial charge on any atom is 0.141 e. The highest BCUT2D eigenvalue weighted by atomic mass is 16.3. The summed E-state index contributed by atoms with van der Waals surface area (Å²) in [5, 5.41) is 24.3. The molecule has 2 N–H and O–H groups in total. The van der Waals surface area contributed by atoms with Crippen molar-refractivity contribution in [2.24, 2.45) is 0 Å². The molecule has 7 rings (SSSR count). The summed E-state index contributed by atoms with van der Waals surface area (Å²) in [5.74, 6) is 0. The molecule has 162 valence electrons. The molecule has 0 radical (unpaired) electrons. The van der Waals surface area contributed by atoms with E-state index < -0.39 is 11.2 Å². The van der Waals surface area contributed by atoms with Gasteiger partial charge in [0.2, 0.25) is 0 Å². The number of rotatable bonds is 2. The van der Waals surface area contributed by atoms with E-state index in [1.54, 1.807) is 0 Å². The first-order chi connectivity index (χ1) is 16.6. The smallest absolute Gasteiger partial charge is 0.141 e. The van der Waals surface area contributed by atoms with E-state index in [4.69, 9.17) is 0 Å². The molecule has 0 aliphatic heterocycles. The summed E-state index contributed by atoms with van der Waals surface area (Å²) in [6, 6.07) is 40.0. The Labute approximate surface area is 198 Å². The molecule has 0 amide bonds. The second-order valence-corrected chi connectivity index (χ2v) is 9.18. The van der Waals surface area contributed by atoms with E-state index in [9.17, 15) is 10.2 Å². The molecule has 0 fully saturated rings. The van der Waals surface area contributed by atoms with E-state index in [-0.39, 0.29) is 0 Å². The summed E-state index contributed by atoms with van der Waals surface area (Å²) >= 11 is 0. The molecule has 5 aromatic rings. The molecule has 2 aliphatic rings. The number of hydrogen-bond acceptors (Lipinski definition) is 2. The van der Waals surface area contributed by atoms with Crippen molar-refractivity contribution in [2.75, 3.05) is 0 Å². The summed E-state index contributed by atoms with van der Waals surface area (Å²) in [6.07, 6.45) is 0. The van der Waals surface area contributed by atoms with Crippen molar-refractivity contribution in [1.29, 1.82) is 0 Å². The highest BCUT2D eigenvalue weighted by Crippen LogP contribution is 2.53. The number of aliphatic hydroxyl groups is 2. The topological polar surface area (TPSA) is 40.5 Å². The molecule has 0 heterocycles. The third-order valence-corrected chi connectivity index (χ3v) is 7.57. The average Bonchev–Trinajstić information content (AvgIpc) is 3.33. The van der Waals surface area contributed by atoms with E-state index in [1.165, 1.54) is 0 Å². The first kappa shape index (κ1) is 19.5. The summed E-state index contributed by atoms with van der Waals surface area (Å²) in [5.41, 5.74) is 6.89. The summed E-state index contributed by atoms with van der Waals surface area (Å²) in [4.78, 5) is 0. The number of hydrogen-bond donors (Lipinski definition) is 2. The Morgan fingerprint density at radius 3 is 0.824 bits per heavy atom. The van der Waals surface area contributed by atoms with Crippen molar-refractivity contribution in [1.82, 2.24) is 0 Å². The second kappa shape index (κ2) is 6.77. The van der Waals surface area contributed by atoms with Crippen LogP contribution >= 0.6 is 0 Å². The fourth-order valence-electron chi connectivity index (χ4n) is 6.00. The summed E-state index contributed by atoms with van der Waals surface area (Å²) in [6.45, 7) is 0. The van der Waals surface area contributed by atoms with Gasteiger partial charge in [-0.2, -0.15) is 0 Å². The van der Waals surface area contributed by atoms with Gasteiger partial charge in [-0.05, 0) is 33.4 Å². The zero-order valence-electron chi connectivity index (χ0n) is 18.4. The van der Waals surface area contributed by atoms with Gasteiger partial charge in [-0.15, -0.1) is 0 Å². The van der Waals surface area contributed by atoms with Crippen LogP contribution in [0.1, 0.15) is 33.4 Å². The van der Waals surface area contributed by atoms with Crippen molar-refractivity contribution < 1.29 is 10.2 Å². The lowest BCUT2D eigenvalue weighted by Crippen LogP contribution is -2.28. The van der Waals surface area contributed by atoms with Gasteiger partial charge in [0.15, 0.2) is 0 Å². The molecule has 0 spiro atoms. The first-order valence-corrected chi connectivity index (χ1v) is 11.6. The van der Waals surface area contributed by atoms with Crippen LogP contribution in [0.4, 0.5) is 0 Å². The van der Waals surface area contributed by atoms with Crippen LogP contribution in [-0.4, -0.2) is 10.2 Å². The molecule has 2 aliphatic carbocycles. The fraction of sp³-hybridized carbons (Fsp3) is 0.0625. The highest BCUT2D eigenvalue weighted by molar-refractivity contribution is 5.83. The predicted molar refractivity (Wildman–Crippen MR) is 134 cm³/mol. The van der Waals surface area contributed by atoms with E-state index >= 15 is 0 Å². The van der Waals surface area contributed by atoms with Crippen LogP contribution in [0, 0.1) is 0 Å². The number of benzene rings is 5. The van der Waals surface area contributed by atoms with Crippen LogP contribution in [0.2, 0.25) is 0 Å². The lowest BCUT2D eigenvalue weighted by atomic mass is 9.80. The van der Waals surface area contributed by atoms with Gasteiger partial charge in [0.1, 0.15) is 11.2 Å². The van der Waals surface area contributed by atoms with E-state index in [2.05, 4.69) is 24.3 Å². The largest absolute Gasteiger partial charge is 0.376 e. The SMILES string of the molecule is OC1(c2ccc(C3(O)c4ccccc4-c4ccccc43)cc2)c2ccccc2-c2ccccc21. The Morgan fingerprint density at radius 2 is 0.559 bits per heavy atom. The third kappa shape index (κ3) is 2.31. The molecule has 0 atom stereocenters. The normalized spacial score (nSPS) is 15.8. The molecule has 2 nitrogen and oxygen atoms in total. The molecule has 0 saturated heterocycles. The first-order valence-electron chi connectivity index (χ1n) is 11.6. The maximum atomic E-state index is 12.1. The zero-order valence-corrected chi connectivity index (χ0v) is 18.4. The minimum atomic E-state index is -1.24. The quantitative estimate of drug-likeness (QED) is 0.344. The minimum Gasteiger partial charge on any atom is -0.376 e. The Bertz CT molecular complexity index is 1370. The van der Waals surface area contributed by atoms with Gasteiger partial charge in [-0.3, -0.25) is 0 Å². The summed E-state index contributed by atoms with van der Waals surface area (Å²) in [7, 11) is 0. The van der Waals surface area contributed by atoms with Crippen molar-refractivity contribution in [3.05, 3.63) is 155 Å². The van der Waals surface area contributed by atoms with Gasteiger partial charge < -0.3 is 10.2 Å². The standard InChI is InChI=1S/C32H22O2/c33-31(27-13-5-1-9-23(27)24-10-2-6-14-28(24)31)21-17-19-22(20-18-21)32(34)29-15-7-3-11-25(29)26-12-4-8-16-30(26)32/h1-20,33-34H. The highest BCUT2D eigenvalue weighted by Gasteiger charge is 2.45. The van der Waals surface area contributed by atoms with Crippen LogP contribution in [-0.2, 0) is 11.2 Å². The summed E-state index contributed by atoms with van der Waals surface area (Å²) < 4.78 is 0. The van der Waals surface area contributed by atoms with Gasteiger partial charge in [0.25, 0.3) is 0 Å². The van der Waals surface area contributed by atoms with Crippen LogP contribution in [0.15, 0.2) is 121 Å². The molecular formula is C32H22O2. The Kier molecular flexibility index (Phi) is 3.88. The van der Waals surface area contributed by atoms with E-state index in [0.717, 1.165) is 55.6 Å². The third-order valence-electron chi connectivity index (χ3n) is 7.57. The van der Waals surface area contributed by atoms with Crippen LogP contribution in [0.5, 0.6) is 0 Å². The van der Waals surface area contributed by atoms with Gasteiger partial charge in [0.05, 0.1) is 0 Å². The Balaban J connectivity index is 1.40. The van der Waals surface area contributed by atoms with E-state index in [1.807, 2.05) is 97.1 Å². The van der Waals surface area contributed by atoms with Gasteiger partial charge in [-0.25, -0.2) is 0 Å². The molecule has 0 aromatic heterocycles. The molecule has 0 bridgehead atoms. The van der Waals surface area contributed by atoms with Crippen LogP contribution < -0.4 is 0 Å². The van der Waals surface area contributed by atoms with Gasteiger partial charge >= 0.3 is 0 Å². The monoisotopic (exact) mass is 438 g/mol. The van der Waals surface area contributed by atoms with Crippen molar-refractivity contribution in [3.63, 3.8) is 0 Å². The van der Waals surface area contributed by atoms with Crippen LogP contribution in [0.3, 0.4) is 0 Å². The zero-order chi connectivity index (χ0) is 22.9. The maximum absolute atomic E-state index is 12.1. The Hall–Kier alpha value is -3.98. The fourth-order valence-corrected chi connectivity index (χ4v) is 6.00. The lowest BCUT2D eigenvalue weighted by Gasteiger charge is -2.29. The average molecular weight is 439 g/mol. The lowest BCUT2D eigenvalue weighted by molar-refractivity contribution is 0.126. The second-order valence-electron chi connectivity index (χ2n) is 9.18. The minimum absolute atomic E-state index is 0.789.